The SMILES string of the molecule is CCCCCCCCCCCCCCN1CC=C2C(C)(C)[C@@H](O)CC[C@]2(C)C1. The Labute approximate surface area is 176 Å². The number of fused-ring (bicyclic) bond motifs is 1. The van der Waals surface area contributed by atoms with Crippen molar-refractivity contribution in [3.63, 3.8) is 0 Å². The second kappa shape index (κ2) is 11.7. The molecule has 164 valence electrons. The number of aliphatic hydroxyl groups excluding tert-OH is 1. The molecule has 0 saturated heterocycles. The summed E-state index contributed by atoms with van der Waals surface area (Å²) in [5.41, 5.74) is 1.75. The van der Waals surface area contributed by atoms with Crippen LogP contribution in [0.1, 0.15) is 118 Å². The summed E-state index contributed by atoms with van der Waals surface area (Å²) in [7, 11) is 0. The van der Waals surface area contributed by atoms with E-state index in [0.29, 0.717) is 0 Å². The average molecular weight is 392 g/mol. The van der Waals surface area contributed by atoms with Crippen molar-refractivity contribution >= 4 is 0 Å². The van der Waals surface area contributed by atoms with Gasteiger partial charge in [-0.25, -0.2) is 0 Å². The number of hydrogen-bond donors (Lipinski definition) is 1. The molecule has 0 bridgehead atoms. The highest BCUT2D eigenvalue weighted by molar-refractivity contribution is 5.28. The van der Waals surface area contributed by atoms with Crippen molar-refractivity contribution in [2.75, 3.05) is 19.6 Å². The molecule has 2 aliphatic rings. The first-order chi connectivity index (χ1) is 13.4. The van der Waals surface area contributed by atoms with Gasteiger partial charge in [-0.15, -0.1) is 0 Å². The molecule has 2 rings (SSSR count). The highest BCUT2D eigenvalue weighted by Crippen LogP contribution is 2.52. The fourth-order valence-corrected chi connectivity index (χ4v) is 5.71. The molecule has 0 aromatic rings. The van der Waals surface area contributed by atoms with E-state index in [1.807, 2.05) is 0 Å². The van der Waals surface area contributed by atoms with Crippen LogP contribution in [0.5, 0.6) is 0 Å². The molecule has 2 atom stereocenters. The third-order valence-corrected chi connectivity index (χ3v) is 7.60. The highest BCUT2D eigenvalue weighted by atomic mass is 16.3. The van der Waals surface area contributed by atoms with Crippen molar-refractivity contribution in [1.82, 2.24) is 4.90 Å². The molecule has 1 aliphatic heterocycles. The Hall–Kier alpha value is -0.340. The van der Waals surface area contributed by atoms with Crippen LogP contribution >= 0.6 is 0 Å². The topological polar surface area (TPSA) is 23.5 Å². The standard InChI is InChI=1S/C26H49NO/c1-5-6-7-8-9-10-11-12-13-14-15-16-20-27-21-18-23-25(2,3)24(28)17-19-26(23,4)22-27/h18,24,28H,5-17,19-22H2,1-4H3/t24-,26+/m0/s1. The van der Waals surface area contributed by atoms with Gasteiger partial charge in [-0.1, -0.05) is 110 Å². The minimum absolute atomic E-state index is 0.0465. The zero-order valence-corrected chi connectivity index (χ0v) is 19.6. The Balaban J connectivity index is 1.54. The van der Waals surface area contributed by atoms with Gasteiger partial charge in [0.1, 0.15) is 0 Å². The Morgan fingerprint density at radius 2 is 1.43 bits per heavy atom. The monoisotopic (exact) mass is 391 g/mol. The van der Waals surface area contributed by atoms with Crippen molar-refractivity contribution in [3.05, 3.63) is 11.6 Å². The Kier molecular flexibility index (Phi) is 10.0. The van der Waals surface area contributed by atoms with Crippen LogP contribution in [0, 0.1) is 10.8 Å². The highest BCUT2D eigenvalue weighted by Gasteiger charge is 2.48. The maximum atomic E-state index is 10.4. The normalized spacial score (nSPS) is 27.5. The van der Waals surface area contributed by atoms with Crippen LogP contribution in [-0.4, -0.2) is 35.7 Å². The Bertz CT molecular complexity index is 469. The fraction of sp³-hybridized carbons (Fsp3) is 0.923. The third-order valence-electron chi connectivity index (χ3n) is 7.60. The van der Waals surface area contributed by atoms with Gasteiger partial charge in [-0.05, 0) is 25.8 Å². The van der Waals surface area contributed by atoms with Crippen molar-refractivity contribution in [1.29, 1.82) is 0 Å². The van der Waals surface area contributed by atoms with Crippen LogP contribution in [0.25, 0.3) is 0 Å². The van der Waals surface area contributed by atoms with Crippen molar-refractivity contribution in [3.8, 4) is 0 Å². The quantitative estimate of drug-likeness (QED) is 0.267. The summed E-state index contributed by atoms with van der Waals surface area (Å²) in [5, 5.41) is 10.4. The van der Waals surface area contributed by atoms with Crippen molar-refractivity contribution in [2.24, 2.45) is 10.8 Å². The number of unbranched alkanes of at least 4 members (excludes halogenated alkanes) is 11. The minimum Gasteiger partial charge on any atom is -0.392 e. The molecule has 28 heavy (non-hydrogen) atoms. The second-order valence-electron chi connectivity index (χ2n) is 10.6. The van der Waals surface area contributed by atoms with Crippen LogP contribution in [0.4, 0.5) is 0 Å². The summed E-state index contributed by atoms with van der Waals surface area (Å²) in [6.07, 6.45) is 21.4. The molecule has 0 spiro atoms. The Morgan fingerprint density at radius 1 is 0.893 bits per heavy atom. The lowest BCUT2D eigenvalue weighted by Gasteiger charge is -2.52. The molecule has 2 heteroatoms. The van der Waals surface area contributed by atoms with Crippen molar-refractivity contribution in [2.45, 2.75) is 124 Å². The largest absolute Gasteiger partial charge is 0.392 e. The zero-order valence-electron chi connectivity index (χ0n) is 19.6. The van der Waals surface area contributed by atoms with Gasteiger partial charge in [-0.3, -0.25) is 4.90 Å². The van der Waals surface area contributed by atoms with Gasteiger partial charge in [0.2, 0.25) is 0 Å². The van der Waals surface area contributed by atoms with E-state index in [0.717, 1.165) is 19.4 Å². The van der Waals surface area contributed by atoms with Crippen LogP contribution in [0.2, 0.25) is 0 Å². The van der Waals surface area contributed by atoms with E-state index in [-0.39, 0.29) is 16.9 Å². The van der Waals surface area contributed by atoms with Gasteiger partial charge in [0.25, 0.3) is 0 Å². The molecule has 0 radical (unpaired) electrons. The zero-order chi connectivity index (χ0) is 20.5. The van der Waals surface area contributed by atoms with Crippen LogP contribution in [0.15, 0.2) is 11.6 Å². The lowest BCUT2D eigenvalue weighted by molar-refractivity contribution is -0.00180. The van der Waals surface area contributed by atoms with Crippen molar-refractivity contribution < 1.29 is 5.11 Å². The molecular formula is C26H49NO. The Morgan fingerprint density at radius 3 is 2.00 bits per heavy atom. The first kappa shape index (κ1) is 23.9. The van der Waals surface area contributed by atoms with E-state index in [4.69, 9.17) is 0 Å². The summed E-state index contributed by atoms with van der Waals surface area (Å²) in [4.78, 5) is 2.66. The lowest BCUT2D eigenvalue weighted by atomic mass is 9.58. The fourth-order valence-electron chi connectivity index (χ4n) is 5.71. The van der Waals surface area contributed by atoms with E-state index < -0.39 is 0 Å². The smallest absolute Gasteiger partial charge is 0.0628 e. The summed E-state index contributed by atoms with van der Waals surface area (Å²) in [5.74, 6) is 0. The van der Waals surface area contributed by atoms with Crippen LogP contribution in [-0.2, 0) is 0 Å². The van der Waals surface area contributed by atoms with E-state index in [2.05, 4.69) is 38.7 Å². The van der Waals surface area contributed by atoms with Crippen LogP contribution < -0.4 is 0 Å². The summed E-state index contributed by atoms with van der Waals surface area (Å²) in [6.45, 7) is 12.7. The van der Waals surface area contributed by atoms with E-state index in [1.54, 1.807) is 0 Å². The lowest BCUT2D eigenvalue weighted by Crippen LogP contribution is -2.51. The molecule has 0 aromatic heterocycles. The van der Waals surface area contributed by atoms with Gasteiger partial charge in [0.15, 0.2) is 0 Å². The van der Waals surface area contributed by atoms with E-state index >= 15 is 0 Å². The predicted molar refractivity (Wildman–Crippen MR) is 123 cm³/mol. The molecule has 1 N–H and O–H groups in total. The first-order valence-electron chi connectivity index (χ1n) is 12.5. The average Bonchev–Trinajstić information content (AvgIpc) is 2.66. The molecule has 0 amide bonds. The number of aliphatic hydroxyl groups is 1. The molecule has 0 unspecified atom stereocenters. The number of hydrogen-bond acceptors (Lipinski definition) is 2. The molecule has 1 fully saturated rings. The van der Waals surface area contributed by atoms with Gasteiger partial charge >= 0.3 is 0 Å². The third kappa shape index (κ3) is 6.87. The van der Waals surface area contributed by atoms with Gasteiger partial charge in [0, 0.05) is 23.9 Å². The summed E-state index contributed by atoms with van der Waals surface area (Å²) in [6, 6.07) is 0. The minimum atomic E-state index is -0.172. The van der Waals surface area contributed by atoms with E-state index in [1.165, 1.54) is 95.7 Å². The van der Waals surface area contributed by atoms with Gasteiger partial charge in [-0.2, -0.15) is 0 Å². The molecule has 1 aliphatic carbocycles. The summed E-state index contributed by atoms with van der Waals surface area (Å²) >= 11 is 0. The molecule has 2 nitrogen and oxygen atoms in total. The van der Waals surface area contributed by atoms with Gasteiger partial charge in [0.05, 0.1) is 6.10 Å². The van der Waals surface area contributed by atoms with Crippen LogP contribution in [0.3, 0.4) is 0 Å². The molecule has 1 heterocycles. The molecule has 0 aromatic carbocycles. The number of rotatable bonds is 13. The first-order valence-corrected chi connectivity index (χ1v) is 12.5. The maximum absolute atomic E-state index is 10.4. The maximum Gasteiger partial charge on any atom is 0.0628 e. The van der Waals surface area contributed by atoms with Gasteiger partial charge < -0.3 is 5.11 Å². The number of nitrogens with zero attached hydrogens (tertiary/aromatic N) is 1. The second-order valence-corrected chi connectivity index (χ2v) is 10.6. The summed E-state index contributed by atoms with van der Waals surface area (Å²) < 4.78 is 0. The van der Waals surface area contributed by atoms with E-state index in [9.17, 15) is 5.11 Å². The predicted octanol–water partition coefficient (Wildman–Crippen LogP) is 7.12. The molecule has 1 saturated carbocycles. The molecular weight excluding hydrogens is 342 g/mol.